The van der Waals surface area contributed by atoms with Crippen LogP contribution in [-0.4, -0.2) is 27.8 Å². The Balaban J connectivity index is 1.83. The van der Waals surface area contributed by atoms with Crippen LogP contribution in [0.4, 0.5) is 0 Å². The summed E-state index contributed by atoms with van der Waals surface area (Å²) in [5.74, 6) is 0.244. The van der Waals surface area contributed by atoms with Gasteiger partial charge in [0.1, 0.15) is 0 Å². The predicted octanol–water partition coefficient (Wildman–Crippen LogP) is 0.828. The molecule has 0 spiro atoms. The lowest BCUT2D eigenvalue weighted by molar-refractivity contribution is 0.0680. The monoisotopic (exact) mass is 223 g/mol. The van der Waals surface area contributed by atoms with Crippen molar-refractivity contribution in [2.75, 3.05) is 6.54 Å². The van der Waals surface area contributed by atoms with Crippen molar-refractivity contribution in [3.63, 3.8) is 0 Å². The zero-order valence-electron chi connectivity index (χ0n) is 8.72. The lowest BCUT2D eigenvalue weighted by Gasteiger charge is -2.13. The van der Waals surface area contributed by atoms with E-state index in [9.17, 15) is 4.79 Å². The molecule has 1 aromatic heterocycles. The van der Waals surface area contributed by atoms with Gasteiger partial charge in [-0.1, -0.05) is 6.42 Å². The van der Waals surface area contributed by atoms with Crippen LogP contribution >= 0.6 is 0 Å². The van der Waals surface area contributed by atoms with E-state index in [1.807, 2.05) is 0 Å². The Morgan fingerprint density at radius 1 is 1.50 bits per heavy atom. The van der Waals surface area contributed by atoms with Crippen LogP contribution in [0.15, 0.2) is 4.52 Å². The summed E-state index contributed by atoms with van der Waals surface area (Å²) in [5, 5.41) is 15.5. The molecule has 6 heteroatoms. The molecule has 86 valence electrons. The first-order valence-electron chi connectivity index (χ1n) is 5.56. The molecule has 1 saturated carbocycles. The highest BCUT2D eigenvalue weighted by Gasteiger charge is 2.42. The van der Waals surface area contributed by atoms with Crippen LogP contribution in [0.3, 0.4) is 0 Å². The van der Waals surface area contributed by atoms with Gasteiger partial charge in [-0.2, -0.15) is 4.98 Å². The second-order valence-electron chi connectivity index (χ2n) is 4.50. The Kier molecular flexibility index (Phi) is 2.17. The lowest BCUT2D eigenvalue weighted by Crippen LogP contribution is -2.18. The Hall–Kier alpha value is -1.43. The fraction of sp³-hybridized carbons (Fsp3) is 0.700. The van der Waals surface area contributed by atoms with Gasteiger partial charge in [0.05, 0.1) is 6.04 Å². The van der Waals surface area contributed by atoms with Crippen molar-refractivity contribution in [2.24, 2.45) is 11.8 Å². The van der Waals surface area contributed by atoms with E-state index in [2.05, 4.69) is 15.5 Å². The fourth-order valence-electron chi connectivity index (χ4n) is 2.91. The average molecular weight is 223 g/mol. The number of carbonyl (C=O) groups is 1. The van der Waals surface area contributed by atoms with E-state index in [0.29, 0.717) is 17.7 Å². The van der Waals surface area contributed by atoms with Crippen LogP contribution < -0.4 is 5.32 Å². The minimum atomic E-state index is -1.14. The van der Waals surface area contributed by atoms with Gasteiger partial charge in [0, 0.05) is 0 Å². The topological polar surface area (TPSA) is 88.2 Å². The second kappa shape index (κ2) is 3.55. The van der Waals surface area contributed by atoms with Crippen molar-refractivity contribution in [2.45, 2.75) is 25.3 Å². The van der Waals surface area contributed by atoms with Crippen LogP contribution in [0.5, 0.6) is 0 Å². The summed E-state index contributed by atoms with van der Waals surface area (Å²) in [6, 6.07) is 0.0492. The van der Waals surface area contributed by atoms with Gasteiger partial charge in [0.15, 0.2) is 0 Å². The van der Waals surface area contributed by atoms with Crippen molar-refractivity contribution in [3.8, 4) is 0 Å². The van der Waals surface area contributed by atoms with Crippen LogP contribution in [0.2, 0.25) is 0 Å². The molecule has 3 rings (SSSR count). The molecule has 3 unspecified atom stereocenters. The maximum absolute atomic E-state index is 10.7. The summed E-state index contributed by atoms with van der Waals surface area (Å²) < 4.78 is 5.01. The zero-order valence-corrected chi connectivity index (χ0v) is 8.72. The van der Waals surface area contributed by atoms with Crippen LogP contribution in [0, 0.1) is 11.8 Å². The van der Waals surface area contributed by atoms with Crippen LogP contribution in [0.25, 0.3) is 0 Å². The number of fused-ring (bicyclic) bond motifs is 1. The first-order valence-corrected chi connectivity index (χ1v) is 5.56. The zero-order chi connectivity index (χ0) is 11.1. The summed E-state index contributed by atoms with van der Waals surface area (Å²) in [6.45, 7) is 0.972. The lowest BCUT2D eigenvalue weighted by atomic mass is 9.94. The van der Waals surface area contributed by atoms with Gasteiger partial charge >= 0.3 is 5.97 Å². The highest BCUT2D eigenvalue weighted by molar-refractivity contribution is 5.82. The average Bonchev–Trinajstić information content (AvgIpc) is 2.92. The molecule has 1 aromatic rings. The van der Waals surface area contributed by atoms with Crippen molar-refractivity contribution < 1.29 is 14.4 Å². The largest absolute Gasteiger partial charge is 0.475 e. The third-order valence-electron chi connectivity index (χ3n) is 3.65. The smallest absolute Gasteiger partial charge is 0.377 e. The van der Waals surface area contributed by atoms with E-state index < -0.39 is 5.97 Å². The van der Waals surface area contributed by atoms with Crippen molar-refractivity contribution in [1.29, 1.82) is 0 Å². The van der Waals surface area contributed by atoms with Gasteiger partial charge in [0.25, 0.3) is 5.82 Å². The molecule has 1 saturated heterocycles. The molecule has 6 nitrogen and oxygen atoms in total. The fourth-order valence-corrected chi connectivity index (χ4v) is 2.91. The molecule has 0 radical (unpaired) electrons. The number of aromatic nitrogens is 2. The van der Waals surface area contributed by atoms with Gasteiger partial charge in [-0.05, 0) is 36.4 Å². The maximum Gasteiger partial charge on any atom is 0.377 e. The Morgan fingerprint density at radius 3 is 3.12 bits per heavy atom. The first-order chi connectivity index (χ1) is 7.75. The first kappa shape index (κ1) is 9.77. The van der Waals surface area contributed by atoms with Gasteiger partial charge in [-0.25, -0.2) is 4.79 Å². The third kappa shape index (κ3) is 1.41. The Morgan fingerprint density at radius 2 is 2.38 bits per heavy atom. The SMILES string of the molecule is O=C(O)c1noc(C2NCC3CCCC32)n1. The summed E-state index contributed by atoms with van der Waals surface area (Å²) in [4.78, 5) is 14.6. The molecule has 0 amide bonds. The molecule has 1 aliphatic heterocycles. The van der Waals surface area contributed by atoms with E-state index in [1.54, 1.807) is 0 Å². The summed E-state index contributed by atoms with van der Waals surface area (Å²) >= 11 is 0. The number of nitrogens with zero attached hydrogens (tertiary/aromatic N) is 2. The van der Waals surface area contributed by atoms with Crippen molar-refractivity contribution in [3.05, 3.63) is 11.7 Å². The quantitative estimate of drug-likeness (QED) is 0.772. The summed E-state index contributed by atoms with van der Waals surface area (Å²) in [7, 11) is 0. The normalized spacial score (nSPS) is 32.9. The number of carboxylic acids is 1. The van der Waals surface area contributed by atoms with Gasteiger partial charge in [-0.3, -0.25) is 0 Å². The number of aromatic carboxylic acids is 1. The molecular formula is C10H13N3O3. The highest BCUT2D eigenvalue weighted by atomic mass is 16.5. The Bertz CT molecular complexity index is 417. The van der Waals surface area contributed by atoms with E-state index in [0.717, 1.165) is 13.0 Å². The second-order valence-corrected chi connectivity index (χ2v) is 4.50. The predicted molar refractivity (Wildman–Crippen MR) is 52.8 cm³/mol. The minimum Gasteiger partial charge on any atom is -0.475 e. The van der Waals surface area contributed by atoms with E-state index in [1.165, 1.54) is 12.8 Å². The number of rotatable bonds is 2. The number of nitrogens with one attached hydrogen (secondary N) is 1. The molecule has 2 heterocycles. The van der Waals surface area contributed by atoms with Gasteiger partial charge in [-0.15, -0.1) is 0 Å². The maximum atomic E-state index is 10.7. The molecule has 3 atom stereocenters. The summed E-state index contributed by atoms with van der Waals surface area (Å²) in [6.07, 6.45) is 3.65. The molecule has 1 aliphatic carbocycles. The molecule has 2 fully saturated rings. The van der Waals surface area contributed by atoms with Gasteiger partial charge < -0.3 is 14.9 Å². The molecule has 2 aliphatic rings. The van der Waals surface area contributed by atoms with Crippen LogP contribution in [-0.2, 0) is 0 Å². The van der Waals surface area contributed by atoms with Crippen molar-refractivity contribution >= 4 is 5.97 Å². The van der Waals surface area contributed by atoms with E-state index in [4.69, 9.17) is 9.63 Å². The highest BCUT2D eigenvalue weighted by Crippen LogP contribution is 2.43. The standard InChI is InChI=1S/C10H13N3O3/c14-10(15)8-12-9(16-13-8)7-6-3-1-2-5(6)4-11-7/h5-7,11H,1-4H2,(H,14,15). The number of carboxylic acid groups (broad SMARTS) is 1. The van der Waals surface area contributed by atoms with Gasteiger partial charge in [0.2, 0.25) is 5.89 Å². The summed E-state index contributed by atoms with van der Waals surface area (Å²) in [5.41, 5.74) is 0. The van der Waals surface area contributed by atoms with Crippen LogP contribution in [0.1, 0.15) is 41.8 Å². The van der Waals surface area contributed by atoms with Crippen molar-refractivity contribution in [1.82, 2.24) is 15.5 Å². The van der Waals surface area contributed by atoms with E-state index >= 15 is 0 Å². The third-order valence-corrected chi connectivity index (χ3v) is 3.65. The molecule has 0 bridgehead atoms. The molecule has 2 N–H and O–H groups in total. The molecule has 16 heavy (non-hydrogen) atoms. The molecular weight excluding hydrogens is 210 g/mol. The number of hydrogen-bond acceptors (Lipinski definition) is 5. The minimum absolute atomic E-state index is 0.0492. The number of hydrogen-bond donors (Lipinski definition) is 2. The van der Waals surface area contributed by atoms with E-state index in [-0.39, 0.29) is 11.9 Å². The Labute approximate surface area is 92.0 Å². The molecule has 0 aromatic carbocycles.